The molecule has 0 saturated heterocycles. The minimum Gasteiger partial charge on any atom is -0.454 e. The van der Waals surface area contributed by atoms with Crippen molar-refractivity contribution >= 4 is 34.7 Å². The van der Waals surface area contributed by atoms with Crippen molar-refractivity contribution in [3.63, 3.8) is 0 Å². The van der Waals surface area contributed by atoms with Crippen molar-refractivity contribution in [2.24, 2.45) is 0 Å². The second kappa shape index (κ2) is 7.89. The van der Waals surface area contributed by atoms with Crippen LogP contribution in [0.4, 0.5) is 22.9 Å². The molecule has 0 aliphatic carbocycles. The van der Waals surface area contributed by atoms with Gasteiger partial charge in [-0.1, -0.05) is 0 Å². The predicted molar refractivity (Wildman–Crippen MR) is 109 cm³/mol. The highest BCUT2D eigenvalue weighted by Crippen LogP contribution is 2.34. The van der Waals surface area contributed by atoms with Crippen molar-refractivity contribution in [3.8, 4) is 11.5 Å². The smallest absolute Gasteiger partial charge is 0.255 e. The highest BCUT2D eigenvalue weighted by molar-refractivity contribution is 6.04. The van der Waals surface area contributed by atoms with E-state index in [0.29, 0.717) is 34.3 Å². The third kappa shape index (κ3) is 4.44. The summed E-state index contributed by atoms with van der Waals surface area (Å²) in [6, 6.07) is 15.6. The van der Waals surface area contributed by atoms with E-state index in [9.17, 15) is 9.59 Å². The minimum atomic E-state index is -0.270. The minimum absolute atomic E-state index is 0.152. The summed E-state index contributed by atoms with van der Waals surface area (Å²) in [5.74, 6) is 1.46. The number of rotatable bonds is 5. The number of nitrogens with one attached hydrogen (secondary N) is 3. The maximum Gasteiger partial charge on any atom is 0.255 e. The monoisotopic (exact) mass is 390 g/mol. The number of hydrogen-bond acceptors (Lipinski definition) is 6. The first-order valence-electron chi connectivity index (χ1n) is 8.88. The quantitative estimate of drug-likeness (QED) is 0.613. The van der Waals surface area contributed by atoms with Gasteiger partial charge in [-0.2, -0.15) is 0 Å². The van der Waals surface area contributed by atoms with Gasteiger partial charge in [0.1, 0.15) is 5.82 Å². The van der Waals surface area contributed by atoms with E-state index in [1.807, 2.05) is 18.2 Å². The van der Waals surface area contributed by atoms with Crippen LogP contribution >= 0.6 is 0 Å². The summed E-state index contributed by atoms with van der Waals surface area (Å²) in [6.45, 7) is 1.65. The van der Waals surface area contributed by atoms with E-state index in [-0.39, 0.29) is 18.6 Å². The van der Waals surface area contributed by atoms with E-state index in [1.54, 1.807) is 42.6 Å². The van der Waals surface area contributed by atoms with Crippen molar-refractivity contribution in [1.82, 2.24) is 4.98 Å². The molecule has 2 amide bonds. The summed E-state index contributed by atoms with van der Waals surface area (Å²) in [5, 5.41) is 8.65. The third-order valence-electron chi connectivity index (χ3n) is 4.13. The highest BCUT2D eigenvalue weighted by Gasteiger charge is 2.14. The Balaban J connectivity index is 1.43. The molecule has 3 N–H and O–H groups in total. The average molecular weight is 390 g/mol. The number of fused-ring (bicyclic) bond motifs is 1. The zero-order valence-electron chi connectivity index (χ0n) is 15.6. The van der Waals surface area contributed by atoms with Crippen LogP contribution in [0.15, 0.2) is 60.8 Å². The van der Waals surface area contributed by atoms with E-state index in [0.717, 1.165) is 5.69 Å². The molecule has 0 bridgehead atoms. The Morgan fingerprint density at radius 1 is 0.862 bits per heavy atom. The number of ether oxygens (including phenoxy) is 2. The summed E-state index contributed by atoms with van der Waals surface area (Å²) >= 11 is 0. The Hall–Kier alpha value is -4.07. The van der Waals surface area contributed by atoms with Gasteiger partial charge < -0.3 is 25.4 Å². The maximum absolute atomic E-state index is 12.6. The van der Waals surface area contributed by atoms with Crippen molar-refractivity contribution in [2.75, 3.05) is 22.7 Å². The van der Waals surface area contributed by atoms with Gasteiger partial charge in [-0.25, -0.2) is 4.98 Å². The lowest BCUT2D eigenvalue weighted by Gasteiger charge is -2.09. The number of hydrogen-bond donors (Lipinski definition) is 3. The molecule has 3 aromatic rings. The molecule has 8 heteroatoms. The molecule has 146 valence electrons. The molecule has 1 aromatic heterocycles. The molecule has 2 aromatic carbocycles. The number of carbonyl (C=O) groups excluding carboxylic acids is 2. The number of anilines is 4. The number of nitrogens with zero attached hydrogens (tertiary/aromatic N) is 1. The second-order valence-corrected chi connectivity index (χ2v) is 6.34. The van der Waals surface area contributed by atoms with Crippen molar-refractivity contribution in [3.05, 3.63) is 66.4 Å². The molecular formula is C21H18N4O4. The Labute approximate surface area is 166 Å². The number of benzene rings is 2. The van der Waals surface area contributed by atoms with E-state index >= 15 is 0 Å². The number of carbonyl (C=O) groups is 2. The van der Waals surface area contributed by atoms with Crippen LogP contribution in [-0.4, -0.2) is 23.6 Å². The first kappa shape index (κ1) is 18.3. The lowest BCUT2D eigenvalue weighted by Crippen LogP contribution is -2.12. The van der Waals surface area contributed by atoms with Crippen LogP contribution in [0.5, 0.6) is 11.5 Å². The molecule has 29 heavy (non-hydrogen) atoms. The predicted octanol–water partition coefficient (Wildman–Crippen LogP) is 3.76. The fourth-order valence-corrected chi connectivity index (χ4v) is 2.81. The molecule has 0 radical (unpaired) electrons. The second-order valence-electron chi connectivity index (χ2n) is 6.34. The van der Waals surface area contributed by atoms with Gasteiger partial charge in [0.2, 0.25) is 12.7 Å². The molecule has 0 saturated carbocycles. The first-order chi connectivity index (χ1) is 14.1. The Kier molecular flexibility index (Phi) is 4.98. The van der Waals surface area contributed by atoms with Gasteiger partial charge in [0.05, 0.1) is 0 Å². The number of pyridine rings is 1. The average Bonchev–Trinajstić information content (AvgIpc) is 3.17. The zero-order valence-corrected chi connectivity index (χ0v) is 15.6. The summed E-state index contributed by atoms with van der Waals surface area (Å²) < 4.78 is 10.7. The Morgan fingerprint density at radius 3 is 2.31 bits per heavy atom. The van der Waals surface area contributed by atoms with Crippen molar-refractivity contribution in [1.29, 1.82) is 0 Å². The maximum atomic E-state index is 12.6. The largest absolute Gasteiger partial charge is 0.454 e. The van der Waals surface area contributed by atoms with Crippen molar-refractivity contribution in [2.45, 2.75) is 6.92 Å². The lowest BCUT2D eigenvalue weighted by atomic mass is 10.2. The van der Waals surface area contributed by atoms with Crippen molar-refractivity contribution < 1.29 is 19.1 Å². The molecule has 2 heterocycles. The van der Waals surface area contributed by atoms with Gasteiger partial charge in [-0.15, -0.1) is 0 Å². The molecule has 0 atom stereocenters. The van der Waals surface area contributed by atoms with E-state index in [2.05, 4.69) is 20.9 Å². The van der Waals surface area contributed by atoms with E-state index in [4.69, 9.17) is 9.47 Å². The normalized spacial score (nSPS) is 11.6. The first-order valence-corrected chi connectivity index (χ1v) is 8.88. The zero-order chi connectivity index (χ0) is 20.2. The standard InChI is InChI=1S/C21H18N4O4/c1-13(26)23-15-2-4-16(5-3-15)25-21(27)14-8-9-22-20(10-14)24-17-6-7-18-19(11-17)29-12-28-18/h2-11H,12H2,1H3,(H,22,24)(H,23,26)(H,25,27). The summed E-state index contributed by atoms with van der Waals surface area (Å²) in [6.07, 6.45) is 1.56. The molecule has 4 rings (SSSR count). The van der Waals surface area contributed by atoms with Crippen LogP contribution in [0.2, 0.25) is 0 Å². The molecule has 0 spiro atoms. The topological polar surface area (TPSA) is 102 Å². The van der Waals surface area contributed by atoms with Crippen LogP contribution < -0.4 is 25.4 Å². The van der Waals surface area contributed by atoms with Gasteiger partial charge in [0.15, 0.2) is 11.5 Å². The SMILES string of the molecule is CC(=O)Nc1ccc(NC(=O)c2ccnc(Nc3ccc4c(c3)OCO4)c2)cc1. The molecule has 1 aliphatic heterocycles. The van der Waals surface area contributed by atoms with Crippen LogP contribution in [0.25, 0.3) is 0 Å². The number of amides is 2. The van der Waals surface area contributed by atoms with Gasteiger partial charge in [0, 0.05) is 41.8 Å². The Bertz CT molecular complexity index is 1070. The van der Waals surface area contributed by atoms with E-state index < -0.39 is 0 Å². The third-order valence-corrected chi connectivity index (χ3v) is 4.13. The van der Waals surface area contributed by atoms with Gasteiger partial charge >= 0.3 is 0 Å². The molecule has 0 unspecified atom stereocenters. The molecular weight excluding hydrogens is 372 g/mol. The van der Waals surface area contributed by atoms with Crippen LogP contribution in [0.1, 0.15) is 17.3 Å². The molecule has 8 nitrogen and oxygen atoms in total. The molecule has 0 fully saturated rings. The Morgan fingerprint density at radius 2 is 1.55 bits per heavy atom. The fourth-order valence-electron chi connectivity index (χ4n) is 2.81. The van der Waals surface area contributed by atoms with Crippen LogP contribution in [-0.2, 0) is 4.79 Å². The van der Waals surface area contributed by atoms with Crippen LogP contribution in [0.3, 0.4) is 0 Å². The summed E-state index contributed by atoms with van der Waals surface area (Å²) in [5.41, 5.74) is 2.50. The number of aromatic nitrogens is 1. The lowest BCUT2D eigenvalue weighted by molar-refractivity contribution is -0.114. The highest BCUT2D eigenvalue weighted by atomic mass is 16.7. The molecule has 1 aliphatic rings. The van der Waals surface area contributed by atoms with Gasteiger partial charge in [0.25, 0.3) is 5.91 Å². The summed E-state index contributed by atoms with van der Waals surface area (Å²) in [7, 11) is 0. The summed E-state index contributed by atoms with van der Waals surface area (Å²) in [4.78, 5) is 27.9. The van der Waals surface area contributed by atoms with Gasteiger partial charge in [-0.3, -0.25) is 9.59 Å². The van der Waals surface area contributed by atoms with Gasteiger partial charge in [-0.05, 0) is 48.5 Å². The van der Waals surface area contributed by atoms with Crippen LogP contribution in [0, 0.1) is 0 Å². The fraction of sp³-hybridized carbons (Fsp3) is 0.0952. The van der Waals surface area contributed by atoms with E-state index in [1.165, 1.54) is 6.92 Å².